The molecule has 3 N–H and O–H groups in total. The Bertz CT molecular complexity index is 398. The van der Waals surface area contributed by atoms with Crippen LogP contribution in [-0.4, -0.2) is 31.4 Å². The van der Waals surface area contributed by atoms with Crippen LogP contribution in [0.3, 0.4) is 0 Å². The predicted molar refractivity (Wildman–Crippen MR) is 62.6 cm³/mol. The molecule has 0 spiro atoms. The Hall–Kier alpha value is -1.85. The van der Waals surface area contributed by atoms with Crippen LogP contribution >= 0.6 is 0 Å². The number of nitrogens with one attached hydrogen (secondary N) is 1. The summed E-state index contributed by atoms with van der Waals surface area (Å²) >= 11 is 0. The summed E-state index contributed by atoms with van der Waals surface area (Å²) in [7, 11) is 3.24. The Morgan fingerprint density at radius 2 is 1.88 bits per heavy atom. The van der Waals surface area contributed by atoms with Crippen molar-refractivity contribution in [2.45, 2.75) is 6.42 Å². The molecule has 0 atom stereocenters. The van der Waals surface area contributed by atoms with Gasteiger partial charge >= 0.3 is 0 Å². The number of nitrogens with two attached hydrogens (primary N) is 1. The first-order valence-electron chi connectivity index (χ1n) is 5.10. The summed E-state index contributed by atoms with van der Waals surface area (Å²) < 4.78 is 26.6. The van der Waals surface area contributed by atoms with Gasteiger partial charge in [-0.3, -0.25) is 4.79 Å². The lowest BCUT2D eigenvalue weighted by Gasteiger charge is -2.12. The van der Waals surface area contributed by atoms with Gasteiger partial charge in [0.2, 0.25) is 5.91 Å². The Balaban J connectivity index is 2.61. The zero-order chi connectivity index (χ0) is 13.0. The monoisotopic (exact) mass is 243 g/mol. The number of carbonyl (C=O) groups is 1. The minimum Gasteiger partial charge on any atom is -0.399 e. The summed E-state index contributed by atoms with van der Waals surface area (Å²) in [6.45, 7) is 0.161. The van der Waals surface area contributed by atoms with Crippen molar-refractivity contribution in [3.63, 3.8) is 0 Å². The van der Waals surface area contributed by atoms with Crippen molar-refractivity contribution in [1.82, 2.24) is 4.90 Å². The molecule has 17 heavy (non-hydrogen) atoms. The van der Waals surface area contributed by atoms with Crippen LogP contribution in [0.25, 0.3) is 0 Å². The van der Waals surface area contributed by atoms with Crippen molar-refractivity contribution in [2.75, 3.05) is 31.7 Å². The quantitative estimate of drug-likeness (QED) is 0.787. The Morgan fingerprint density at radius 3 is 2.35 bits per heavy atom. The van der Waals surface area contributed by atoms with E-state index in [1.807, 2.05) is 0 Å². The number of anilines is 2. The van der Waals surface area contributed by atoms with Crippen LogP contribution in [0.5, 0.6) is 0 Å². The number of nitrogen functional groups attached to an aromatic ring is 1. The van der Waals surface area contributed by atoms with E-state index >= 15 is 0 Å². The molecule has 1 amide bonds. The first-order valence-corrected chi connectivity index (χ1v) is 5.10. The number of hydrogen-bond acceptors (Lipinski definition) is 3. The van der Waals surface area contributed by atoms with Gasteiger partial charge in [-0.15, -0.1) is 0 Å². The van der Waals surface area contributed by atoms with Crippen LogP contribution in [0, 0.1) is 11.6 Å². The van der Waals surface area contributed by atoms with Gasteiger partial charge in [0.05, 0.1) is 0 Å². The second-order valence-electron chi connectivity index (χ2n) is 3.82. The standard InChI is InChI=1S/C11H15F2N3O/c1-16(2)10(17)3-4-15-11-8(12)5-7(14)6-9(11)13/h5-6,15H,3-4,14H2,1-2H3. The second-order valence-corrected chi connectivity index (χ2v) is 3.82. The van der Waals surface area contributed by atoms with Crippen LogP contribution in [0.1, 0.15) is 6.42 Å². The molecule has 0 heterocycles. The van der Waals surface area contributed by atoms with Crippen LogP contribution in [-0.2, 0) is 4.79 Å². The van der Waals surface area contributed by atoms with Gasteiger partial charge in [0.25, 0.3) is 0 Å². The average Bonchev–Trinajstić information content (AvgIpc) is 2.21. The molecule has 6 heteroatoms. The first kappa shape index (κ1) is 13.2. The molecule has 0 aliphatic carbocycles. The third-order valence-corrected chi connectivity index (χ3v) is 2.20. The highest BCUT2D eigenvalue weighted by molar-refractivity contribution is 5.76. The number of amides is 1. The van der Waals surface area contributed by atoms with E-state index in [1.54, 1.807) is 14.1 Å². The smallest absolute Gasteiger partial charge is 0.223 e. The molecule has 0 aliphatic heterocycles. The van der Waals surface area contributed by atoms with E-state index in [4.69, 9.17) is 5.73 Å². The molecule has 4 nitrogen and oxygen atoms in total. The van der Waals surface area contributed by atoms with Crippen molar-refractivity contribution in [3.8, 4) is 0 Å². The van der Waals surface area contributed by atoms with Gasteiger partial charge in [-0.2, -0.15) is 0 Å². The number of nitrogens with zero attached hydrogens (tertiary/aromatic N) is 1. The fraction of sp³-hybridized carbons (Fsp3) is 0.364. The molecule has 0 unspecified atom stereocenters. The molecule has 1 rings (SSSR count). The Kier molecular flexibility index (Phi) is 4.25. The third-order valence-electron chi connectivity index (χ3n) is 2.20. The zero-order valence-electron chi connectivity index (χ0n) is 9.76. The lowest BCUT2D eigenvalue weighted by atomic mass is 10.2. The van der Waals surface area contributed by atoms with Gasteiger partial charge in [0.15, 0.2) is 11.6 Å². The van der Waals surface area contributed by atoms with Crippen molar-refractivity contribution >= 4 is 17.3 Å². The summed E-state index contributed by atoms with van der Waals surface area (Å²) in [5, 5.41) is 2.54. The van der Waals surface area contributed by atoms with Gasteiger partial charge in [-0.25, -0.2) is 8.78 Å². The number of benzene rings is 1. The van der Waals surface area contributed by atoms with E-state index < -0.39 is 11.6 Å². The van der Waals surface area contributed by atoms with Crippen LogP contribution in [0.2, 0.25) is 0 Å². The normalized spacial score (nSPS) is 10.1. The molecule has 0 bridgehead atoms. The van der Waals surface area contributed by atoms with Crippen molar-refractivity contribution in [1.29, 1.82) is 0 Å². The highest BCUT2D eigenvalue weighted by Crippen LogP contribution is 2.21. The zero-order valence-corrected chi connectivity index (χ0v) is 9.76. The van der Waals surface area contributed by atoms with Crippen LogP contribution < -0.4 is 11.1 Å². The van der Waals surface area contributed by atoms with Crippen LogP contribution in [0.4, 0.5) is 20.2 Å². The van der Waals surface area contributed by atoms with E-state index in [-0.39, 0.29) is 30.2 Å². The molecule has 0 radical (unpaired) electrons. The Labute approximate surface area is 98.4 Å². The second kappa shape index (κ2) is 5.47. The topological polar surface area (TPSA) is 58.4 Å². The summed E-state index contributed by atoms with van der Waals surface area (Å²) in [5.74, 6) is -1.65. The Morgan fingerprint density at radius 1 is 1.35 bits per heavy atom. The van der Waals surface area contributed by atoms with Gasteiger partial charge in [-0.05, 0) is 12.1 Å². The summed E-state index contributed by atoms with van der Waals surface area (Å²) in [6, 6.07) is 2.05. The van der Waals surface area contributed by atoms with E-state index in [2.05, 4.69) is 5.32 Å². The maximum absolute atomic E-state index is 13.3. The van der Waals surface area contributed by atoms with Crippen molar-refractivity contribution < 1.29 is 13.6 Å². The largest absolute Gasteiger partial charge is 0.399 e. The molecular weight excluding hydrogens is 228 g/mol. The number of rotatable bonds is 4. The minimum absolute atomic E-state index is 0.0231. The number of carbonyl (C=O) groups excluding carboxylic acids is 1. The molecule has 0 aromatic heterocycles. The third kappa shape index (κ3) is 3.58. The van der Waals surface area contributed by atoms with Gasteiger partial charge in [0.1, 0.15) is 5.69 Å². The molecule has 1 aromatic carbocycles. The number of hydrogen-bond donors (Lipinski definition) is 2. The molecule has 0 fully saturated rings. The fourth-order valence-electron chi connectivity index (χ4n) is 1.28. The summed E-state index contributed by atoms with van der Waals surface area (Å²) in [5.41, 5.74) is 5.04. The van der Waals surface area contributed by atoms with Crippen molar-refractivity contribution in [2.24, 2.45) is 0 Å². The maximum atomic E-state index is 13.3. The van der Waals surface area contributed by atoms with E-state index in [0.717, 1.165) is 12.1 Å². The van der Waals surface area contributed by atoms with E-state index in [9.17, 15) is 13.6 Å². The first-order chi connectivity index (χ1) is 7.91. The highest BCUT2D eigenvalue weighted by Gasteiger charge is 2.10. The lowest BCUT2D eigenvalue weighted by molar-refractivity contribution is -0.128. The van der Waals surface area contributed by atoms with Gasteiger partial charge in [0, 0.05) is 32.7 Å². The lowest BCUT2D eigenvalue weighted by Crippen LogP contribution is -2.24. The van der Waals surface area contributed by atoms with Gasteiger partial charge in [-0.1, -0.05) is 0 Å². The van der Waals surface area contributed by atoms with Crippen molar-refractivity contribution in [3.05, 3.63) is 23.8 Å². The van der Waals surface area contributed by atoms with Gasteiger partial charge < -0.3 is 16.0 Å². The molecule has 0 saturated carbocycles. The maximum Gasteiger partial charge on any atom is 0.223 e. The summed E-state index contributed by atoms with van der Waals surface area (Å²) in [6.07, 6.45) is 0.163. The molecule has 94 valence electrons. The fourth-order valence-corrected chi connectivity index (χ4v) is 1.28. The number of halogens is 2. The van der Waals surface area contributed by atoms with Crippen LogP contribution in [0.15, 0.2) is 12.1 Å². The molecule has 1 aromatic rings. The summed E-state index contributed by atoms with van der Waals surface area (Å²) in [4.78, 5) is 12.6. The van der Waals surface area contributed by atoms with E-state index in [0.29, 0.717) is 0 Å². The predicted octanol–water partition coefficient (Wildman–Crippen LogP) is 1.44. The minimum atomic E-state index is -0.764. The average molecular weight is 243 g/mol. The highest BCUT2D eigenvalue weighted by atomic mass is 19.1. The molecular formula is C11H15F2N3O. The SMILES string of the molecule is CN(C)C(=O)CCNc1c(F)cc(N)cc1F. The molecule has 0 aliphatic rings. The van der Waals surface area contributed by atoms with E-state index in [1.165, 1.54) is 4.90 Å². The molecule has 0 saturated heterocycles.